The van der Waals surface area contributed by atoms with E-state index in [0.717, 1.165) is 71.8 Å². The second-order valence-electron chi connectivity index (χ2n) is 15.8. The molecule has 0 unspecified atom stereocenters. The number of ether oxygens (including phenoxy) is 1. The summed E-state index contributed by atoms with van der Waals surface area (Å²) >= 11 is 0. The molecule has 0 spiro atoms. The summed E-state index contributed by atoms with van der Waals surface area (Å²) in [5.74, 6) is 1.18. The van der Waals surface area contributed by atoms with E-state index >= 15 is 0 Å². The minimum absolute atomic E-state index is 0. The topological polar surface area (TPSA) is 44.4 Å². The fourth-order valence-electron chi connectivity index (χ4n) is 10.1. The van der Waals surface area contributed by atoms with E-state index in [1.165, 1.54) is 33.4 Å². The Morgan fingerprint density at radius 3 is 2.02 bits per heavy atom. The van der Waals surface area contributed by atoms with Gasteiger partial charge in [0, 0.05) is 51.2 Å². The average molecular weight is 952 g/mol. The number of rotatable bonds is 5. The van der Waals surface area contributed by atoms with Gasteiger partial charge in [-0.2, -0.15) is 6.07 Å². The summed E-state index contributed by atoms with van der Waals surface area (Å²) in [6.45, 7) is 6.48. The van der Waals surface area contributed by atoms with Crippen LogP contribution >= 0.6 is 0 Å². The minimum Gasteiger partial charge on any atom is -0.503 e. The minimum atomic E-state index is -0.634. The van der Waals surface area contributed by atoms with Crippen molar-refractivity contribution in [3.05, 3.63) is 215 Å². The third kappa shape index (κ3) is 5.09. The van der Waals surface area contributed by atoms with Gasteiger partial charge in [0.05, 0.1) is 16.9 Å². The molecule has 0 atom stereocenters. The molecule has 0 fully saturated rings. The van der Waals surface area contributed by atoms with Crippen LogP contribution in [0.5, 0.6) is 11.5 Å². The van der Waals surface area contributed by atoms with E-state index in [1.54, 1.807) is 0 Å². The molecule has 12 rings (SSSR count). The SMILES string of the molecule is Cc1cc(C)c(-c2cn3c4ccccc4c4ccc(Oc5[c-]c6c(cc5)C(c5ccccc5)(c5ccccc5)c5cccc7c8cccnc8n-6c57)[c-]c4c3n2)c(C)c1.[Pt+2]. The quantitative estimate of drug-likeness (QED) is 0.128. The van der Waals surface area contributed by atoms with Crippen LogP contribution in [0.15, 0.2) is 164 Å². The number of para-hydroxylation sites is 2. The van der Waals surface area contributed by atoms with Crippen molar-refractivity contribution < 1.29 is 25.8 Å². The monoisotopic (exact) mass is 951 g/mol. The van der Waals surface area contributed by atoms with Crippen molar-refractivity contribution in [1.29, 1.82) is 0 Å². The van der Waals surface area contributed by atoms with Gasteiger partial charge >= 0.3 is 21.1 Å². The molecule has 0 aliphatic carbocycles. The normalized spacial score (nSPS) is 12.9. The van der Waals surface area contributed by atoms with Crippen LogP contribution in [0.25, 0.3) is 66.2 Å². The number of hydrogen-bond acceptors (Lipinski definition) is 3. The molecule has 60 heavy (non-hydrogen) atoms. The summed E-state index contributed by atoms with van der Waals surface area (Å²) in [7, 11) is 0. The number of fused-ring (bicyclic) bond motifs is 11. The summed E-state index contributed by atoms with van der Waals surface area (Å²) in [5, 5.41) is 5.36. The van der Waals surface area contributed by atoms with E-state index in [0.29, 0.717) is 11.5 Å². The van der Waals surface area contributed by atoms with E-state index in [2.05, 4.69) is 182 Å². The Bertz CT molecular complexity index is 3450. The van der Waals surface area contributed by atoms with Crippen LogP contribution in [0.2, 0.25) is 0 Å². The first kappa shape index (κ1) is 36.3. The third-order valence-corrected chi connectivity index (χ3v) is 12.3. The number of aryl methyl sites for hydroxylation is 3. The van der Waals surface area contributed by atoms with Gasteiger partial charge in [0.2, 0.25) is 0 Å². The first-order valence-electron chi connectivity index (χ1n) is 20.1. The molecule has 1 aliphatic heterocycles. The van der Waals surface area contributed by atoms with Crippen LogP contribution in [-0.2, 0) is 26.5 Å². The number of imidazole rings is 1. The zero-order valence-corrected chi connectivity index (χ0v) is 35.4. The van der Waals surface area contributed by atoms with E-state index in [-0.39, 0.29) is 21.1 Å². The molecule has 0 saturated carbocycles. The number of benzene rings is 7. The molecule has 0 saturated heterocycles. The Kier molecular flexibility index (Phi) is 8.24. The summed E-state index contributed by atoms with van der Waals surface area (Å²) in [6, 6.07) is 61.4. The largest absolute Gasteiger partial charge is 2.00 e. The molecule has 0 N–H and O–H groups in total. The maximum Gasteiger partial charge on any atom is 2.00 e. The van der Waals surface area contributed by atoms with Crippen molar-refractivity contribution in [1.82, 2.24) is 18.9 Å². The van der Waals surface area contributed by atoms with Crippen LogP contribution in [0.4, 0.5) is 0 Å². The summed E-state index contributed by atoms with van der Waals surface area (Å²) in [5.41, 5.74) is 14.7. The molecule has 4 aromatic heterocycles. The molecule has 0 radical (unpaired) electrons. The molecular formula is C54H36N4OPt. The predicted molar refractivity (Wildman–Crippen MR) is 238 cm³/mol. The Labute approximate surface area is 361 Å². The Morgan fingerprint density at radius 1 is 0.583 bits per heavy atom. The maximum absolute atomic E-state index is 6.83. The van der Waals surface area contributed by atoms with Gasteiger partial charge < -0.3 is 13.7 Å². The van der Waals surface area contributed by atoms with Gasteiger partial charge in [0.1, 0.15) is 5.65 Å². The number of pyridine rings is 2. The van der Waals surface area contributed by atoms with Crippen LogP contribution in [0, 0.1) is 32.9 Å². The first-order valence-corrected chi connectivity index (χ1v) is 20.1. The molecule has 11 aromatic rings. The molecule has 7 aromatic carbocycles. The Morgan fingerprint density at radius 2 is 1.25 bits per heavy atom. The van der Waals surface area contributed by atoms with E-state index in [9.17, 15) is 0 Å². The Balaban J connectivity index is 0.00000408. The van der Waals surface area contributed by atoms with Crippen LogP contribution in [0.3, 0.4) is 0 Å². The van der Waals surface area contributed by atoms with Crippen LogP contribution in [0.1, 0.15) is 38.9 Å². The summed E-state index contributed by atoms with van der Waals surface area (Å²) in [4.78, 5) is 10.3. The molecule has 0 amide bonds. The van der Waals surface area contributed by atoms with Crippen LogP contribution < -0.4 is 4.74 Å². The van der Waals surface area contributed by atoms with E-state index in [4.69, 9.17) is 14.7 Å². The van der Waals surface area contributed by atoms with Crippen LogP contribution in [-0.4, -0.2) is 18.9 Å². The van der Waals surface area contributed by atoms with Gasteiger partial charge in [-0.05, 0) is 72.2 Å². The molecule has 1 aliphatic rings. The first-order chi connectivity index (χ1) is 29.0. The standard InChI is InChI=1S/C54H36N4O.Pt/c1-33-28-34(2)50(35(3)29-33)47-32-57-48-22-11-10-18-41(48)40-25-23-38(30-44(40)53(57)56-47)59-39-24-26-45-49(31-39)58-51-42(43-20-13-27-55-52(43)58)19-12-21-46(51)54(45,36-14-6-4-7-15-36)37-16-8-5-9-17-37;/h4-29,32H,1-3H3;/q-2;+2. The number of nitrogens with zero attached hydrogens (tertiary/aromatic N) is 4. The van der Waals surface area contributed by atoms with E-state index < -0.39 is 5.41 Å². The van der Waals surface area contributed by atoms with Gasteiger partial charge in [-0.15, -0.1) is 29.8 Å². The van der Waals surface area contributed by atoms with Crippen molar-refractivity contribution in [2.24, 2.45) is 0 Å². The smallest absolute Gasteiger partial charge is 0.503 e. The van der Waals surface area contributed by atoms with Crippen molar-refractivity contribution in [3.63, 3.8) is 0 Å². The zero-order valence-electron chi connectivity index (χ0n) is 33.1. The molecule has 5 nitrogen and oxygen atoms in total. The van der Waals surface area contributed by atoms with Gasteiger partial charge in [-0.1, -0.05) is 137 Å². The summed E-state index contributed by atoms with van der Waals surface area (Å²) in [6.07, 6.45) is 4.04. The van der Waals surface area contributed by atoms with Crippen molar-refractivity contribution in [3.8, 4) is 28.4 Å². The fourth-order valence-corrected chi connectivity index (χ4v) is 10.1. The number of hydrogen-bond donors (Lipinski definition) is 0. The van der Waals surface area contributed by atoms with Gasteiger partial charge in [-0.3, -0.25) is 4.98 Å². The molecule has 6 heteroatoms. The van der Waals surface area contributed by atoms with Gasteiger partial charge in [0.25, 0.3) is 0 Å². The van der Waals surface area contributed by atoms with Gasteiger partial charge in [-0.25, -0.2) is 4.98 Å². The second kappa shape index (κ2) is 13.6. The maximum atomic E-state index is 6.83. The van der Waals surface area contributed by atoms with Crippen molar-refractivity contribution >= 4 is 49.3 Å². The predicted octanol–water partition coefficient (Wildman–Crippen LogP) is 12.8. The average Bonchev–Trinajstić information content (AvgIpc) is 3.86. The third-order valence-electron chi connectivity index (χ3n) is 12.3. The molecule has 288 valence electrons. The Hall–Kier alpha value is -6.81. The second-order valence-corrected chi connectivity index (χ2v) is 15.8. The van der Waals surface area contributed by atoms with Crippen molar-refractivity contribution in [2.45, 2.75) is 26.2 Å². The molecule has 0 bridgehead atoms. The zero-order chi connectivity index (χ0) is 39.4. The summed E-state index contributed by atoms with van der Waals surface area (Å²) < 4.78 is 11.3. The fraction of sp³-hybridized carbons (Fsp3) is 0.0741. The molecule has 5 heterocycles. The molecular weight excluding hydrogens is 916 g/mol. The van der Waals surface area contributed by atoms with Gasteiger partial charge in [0.15, 0.2) is 0 Å². The number of aromatic nitrogens is 4. The van der Waals surface area contributed by atoms with E-state index in [1.807, 2.05) is 24.4 Å². The van der Waals surface area contributed by atoms with Crippen molar-refractivity contribution in [2.75, 3.05) is 0 Å².